The Bertz CT molecular complexity index is 64.1. The first-order chi connectivity index (χ1) is 3.45. The Morgan fingerprint density at radius 3 is 1.86 bits per heavy atom. The molecule has 0 aromatic heterocycles. The summed E-state index contributed by atoms with van der Waals surface area (Å²) in [5.74, 6) is 0. The second-order valence-corrected chi connectivity index (χ2v) is 2.15. The van der Waals surface area contributed by atoms with Crippen molar-refractivity contribution in [2.45, 2.75) is 18.6 Å². The van der Waals surface area contributed by atoms with Crippen LogP contribution in [0.2, 0.25) is 0 Å². The van der Waals surface area contributed by atoms with Crippen LogP contribution < -0.4 is 0 Å². The average Bonchev–Trinajstić information content (AvgIpc) is 2.33. The highest BCUT2D eigenvalue weighted by molar-refractivity contribution is 4.79. The molecule has 0 spiro atoms. The molecule has 0 aliphatic carbocycles. The summed E-state index contributed by atoms with van der Waals surface area (Å²) in [4.78, 5) is 0. The summed E-state index contributed by atoms with van der Waals surface area (Å²) in [6, 6.07) is 0. The van der Waals surface area contributed by atoms with Gasteiger partial charge in [0.15, 0.2) is 0 Å². The summed E-state index contributed by atoms with van der Waals surface area (Å²) in [5.41, 5.74) is 0. The highest BCUT2D eigenvalue weighted by Crippen LogP contribution is 2.23. The lowest BCUT2D eigenvalue weighted by atomic mass is 10.3. The van der Waals surface area contributed by atoms with Gasteiger partial charge in [-0.1, -0.05) is 0 Å². The van der Waals surface area contributed by atoms with E-state index >= 15 is 0 Å². The highest BCUT2D eigenvalue weighted by atomic mass is 16.6. The molecule has 0 amide bonds. The second-order valence-electron chi connectivity index (χ2n) is 2.15. The van der Waals surface area contributed by atoms with Crippen LogP contribution in [0.3, 0.4) is 0 Å². The molecule has 2 aliphatic heterocycles. The predicted molar refractivity (Wildman–Crippen MR) is 24.1 cm³/mol. The molecule has 0 unspecified atom stereocenters. The highest BCUT2D eigenvalue weighted by Gasteiger charge is 2.32. The van der Waals surface area contributed by atoms with Crippen molar-refractivity contribution in [3.63, 3.8) is 0 Å². The maximum absolute atomic E-state index is 4.98. The van der Waals surface area contributed by atoms with Crippen LogP contribution >= 0.6 is 0 Å². The lowest BCUT2D eigenvalue weighted by Gasteiger charge is -1.80. The van der Waals surface area contributed by atoms with E-state index in [1.165, 1.54) is 0 Å². The van der Waals surface area contributed by atoms with E-state index < -0.39 is 0 Å². The first-order valence-corrected chi connectivity index (χ1v) is 2.68. The number of epoxide rings is 2. The van der Waals surface area contributed by atoms with Gasteiger partial charge in [0.2, 0.25) is 0 Å². The fraction of sp³-hybridized carbons (Fsp3) is 1.00. The Hall–Kier alpha value is -0.0800. The number of rotatable bonds is 2. The molecule has 2 fully saturated rings. The van der Waals surface area contributed by atoms with Gasteiger partial charge in [-0.05, 0) is 0 Å². The minimum atomic E-state index is 0.562. The normalized spacial score (nSPS) is 46.3. The van der Waals surface area contributed by atoms with Crippen LogP contribution in [0.15, 0.2) is 0 Å². The zero-order valence-electron chi connectivity index (χ0n) is 4.09. The number of hydrogen-bond donors (Lipinski definition) is 0. The monoisotopic (exact) mass is 100 g/mol. The molecular weight excluding hydrogens is 92.1 g/mol. The van der Waals surface area contributed by atoms with E-state index in [0.717, 1.165) is 19.6 Å². The van der Waals surface area contributed by atoms with E-state index in [0.29, 0.717) is 12.2 Å². The smallest absolute Gasteiger partial charge is 0.0835 e. The van der Waals surface area contributed by atoms with Gasteiger partial charge in [-0.2, -0.15) is 0 Å². The fourth-order valence-corrected chi connectivity index (χ4v) is 0.701. The zero-order chi connectivity index (χ0) is 4.69. The van der Waals surface area contributed by atoms with Crippen LogP contribution in [0.1, 0.15) is 6.42 Å². The summed E-state index contributed by atoms with van der Waals surface area (Å²) in [5, 5.41) is 0. The largest absolute Gasteiger partial charge is 0.373 e. The molecule has 7 heavy (non-hydrogen) atoms. The molecule has 0 aromatic rings. The SMILES string of the molecule is C1O[C@H]1C[C@H]1CO1. The summed E-state index contributed by atoms with van der Waals surface area (Å²) < 4.78 is 9.96. The Kier molecular flexibility index (Phi) is 0.664. The van der Waals surface area contributed by atoms with Crippen LogP contribution in [0, 0.1) is 0 Å². The topological polar surface area (TPSA) is 25.1 Å². The van der Waals surface area contributed by atoms with Crippen LogP contribution in [0.4, 0.5) is 0 Å². The Morgan fingerprint density at radius 2 is 1.57 bits per heavy atom. The van der Waals surface area contributed by atoms with Gasteiger partial charge in [0.05, 0.1) is 25.4 Å². The van der Waals surface area contributed by atoms with Gasteiger partial charge >= 0.3 is 0 Å². The number of ether oxygens (including phenoxy) is 2. The van der Waals surface area contributed by atoms with Crippen molar-refractivity contribution >= 4 is 0 Å². The fourth-order valence-electron chi connectivity index (χ4n) is 0.701. The lowest BCUT2D eigenvalue weighted by molar-refractivity contribution is 0.344. The molecule has 2 heterocycles. The van der Waals surface area contributed by atoms with E-state index in [1.54, 1.807) is 0 Å². The quantitative estimate of drug-likeness (QED) is 0.462. The van der Waals surface area contributed by atoms with Gasteiger partial charge in [0.25, 0.3) is 0 Å². The zero-order valence-corrected chi connectivity index (χ0v) is 4.09. The lowest BCUT2D eigenvalue weighted by Crippen LogP contribution is -1.90. The van der Waals surface area contributed by atoms with Crippen molar-refractivity contribution in [3.05, 3.63) is 0 Å². The molecule has 2 saturated heterocycles. The molecule has 2 aliphatic rings. The molecule has 2 heteroatoms. The summed E-state index contributed by atoms with van der Waals surface area (Å²) in [6.45, 7) is 1.94. The predicted octanol–water partition coefficient (Wildman–Crippen LogP) is 0.174. The van der Waals surface area contributed by atoms with Crippen molar-refractivity contribution in [3.8, 4) is 0 Å². The van der Waals surface area contributed by atoms with Crippen LogP contribution in [0.25, 0.3) is 0 Å². The minimum Gasteiger partial charge on any atom is -0.373 e. The van der Waals surface area contributed by atoms with Gasteiger partial charge in [-0.15, -0.1) is 0 Å². The summed E-state index contributed by atoms with van der Waals surface area (Å²) in [6.07, 6.45) is 2.26. The van der Waals surface area contributed by atoms with Gasteiger partial charge in [0, 0.05) is 6.42 Å². The van der Waals surface area contributed by atoms with Crippen LogP contribution in [0.5, 0.6) is 0 Å². The van der Waals surface area contributed by atoms with Crippen molar-refractivity contribution in [2.24, 2.45) is 0 Å². The third-order valence-electron chi connectivity index (χ3n) is 1.33. The van der Waals surface area contributed by atoms with E-state index in [2.05, 4.69) is 0 Å². The molecule has 0 radical (unpaired) electrons. The molecule has 2 atom stereocenters. The van der Waals surface area contributed by atoms with Gasteiger partial charge in [-0.25, -0.2) is 0 Å². The Labute approximate surface area is 42.4 Å². The van der Waals surface area contributed by atoms with Crippen molar-refractivity contribution < 1.29 is 9.47 Å². The van der Waals surface area contributed by atoms with Gasteiger partial charge in [0.1, 0.15) is 0 Å². The molecule has 2 rings (SSSR count). The van der Waals surface area contributed by atoms with Crippen molar-refractivity contribution in [1.29, 1.82) is 0 Å². The van der Waals surface area contributed by atoms with Gasteiger partial charge in [-0.3, -0.25) is 0 Å². The first kappa shape index (κ1) is 3.87. The molecule has 2 nitrogen and oxygen atoms in total. The molecule has 0 saturated carbocycles. The maximum Gasteiger partial charge on any atom is 0.0835 e. The molecule has 0 bridgehead atoms. The second kappa shape index (κ2) is 1.20. The standard InChI is InChI=1S/C5H8O2/c1(4-2-6-4)5-3-7-5/h4-5H,1-3H2/t4-,5-/m0/s1. The van der Waals surface area contributed by atoms with Gasteiger partial charge < -0.3 is 9.47 Å². The average molecular weight is 100 g/mol. The summed E-state index contributed by atoms with van der Waals surface area (Å²) >= 11 is 0. The summed E-state index contributed by atoms with van der Waals surface area (Å²) in [7, 11) is 0. The van der Waals surface area contributed by atoms with E-state index in [9.17, 15) is 0 Å². The Morgan fingerprint density at radius 1 is 1.14 bits per heavy atom. The van der Waals surface area contributed by atoms with E-state index in [4.69, 9.17) is 9.47 Å². The third kappa shape index (κ3) is 0.924. The van der Waals surface area contributed by atoms with E-state index in [1.807, 2.05) is 0 Å². The molecule has 0 N–H and O–H groups in total. The molecule has 40 valence electrons. The van der Waals surface area contributed by atoms with Crippen molar-refractivity contribution in [2.75, 3.05) is 13.2 Å². The maximum atomic E-state index is 4.98. The number of hydrogen-bond acceptors (Lipinski definition) is 2. The molecule has 0 aromatic carbocycles. The van der Waals surface area contributed by atoms with E-state index in [-0.39, 0.29) is 0 Å². The Balaban J connectivity index is 1.69. The van der Waals surface area contributed by atoms with Crippen molar-refractivity contribution in [1.82, 2.24) is 0 Å². The minimum absolute atomic E-state index is 0.562. The third-order valence-corrected chi connectivity index (χ3v) is 1.33. The van der Waals surface area contributed by atoms with Crippen LogP contribution in [-0.4, -0.2) is 25.4 Å². The van der Waals surface area contributed by atoms with Crippen LogP contribution in [-0.2, 0) is 9.47 Å². The molecular formula is C5H8O2. The first-order valence-electron chi connectivity index (χ1n) is 2.68.